The van der Waals surface area contributed by atoms with E-state index in [4.69, 9.17) is 4.98 Å². The summed E-state index contributed by atoms with van der Waals surface area (Å²) >= 11 is 1.61. The van der Waals surface area contributed by atoms with Gasteiger partial charge in [0.1, 0.15) is 0 Å². The molecule has 5 nitrogen and oxygen atoms in total. The van der Waals surface area contributed by atoms with E-state index in [-0.39, 0.29) is 17.7 Å². The van der Waals surface area contributed by atoms with Crippen LogP contribution in [-0.2, 0) is 4.79 Å². The number of carbonyl (C=O) groups is 2. The summed E-state index contributed by atoms with van der Waals surface area (Å²) in [6.45, 7) is 1.07. The van der Waals surface area contributed by atoms with Gasteiger partial charge in [-0.1, -0.05) is 42.5 Å². The van der Waals surface area contributed by atoms with Crippen molar-refractivity contribution in [3.05, 3.63) is 83.7 Å². The van der Waals surface area contributed by atoms with Gasteiger partial charge in [-0.3, -0.25) is 9.59 Å². The molecular weight excluding hydrogens is 418 g/mol. The summed E-state index contributed by atoms with van der Waals surface area (Å²) in [6, 6.07) is 23.1. The summed E-state index contributed by atoms with van der Waals surface area (Å²) in [6.07, 6.45) is 1.58. The van der Waals surface area contributed by atoms with Crippen molar-refractivity contribution in [1.82, 2.24) is 9.88 Å². The molecule has 1 atom stereocenters. The second-order valence-corrected chi connectivity index (χ2v) is 8.94. The van der Waals surface area contributed by atoms with Gasteiger partial charge in [-0.15, -0.1) is 11.3 Å². The molecule has 1 aliphatic heterocycles. The highest BCUT2D eigenvalue weighted by molar-refractivity contribution is 7.13. The number of nitrogens with zero attached hydrogens (tertiary/aromatic N) is 2. The number of rotatable bonds is 4. The smallest absolute Gasteiger partial charge is 0.254 e. The number of hydrogen-bond donors (Lipinski definition) is 1. The number of likely N-dealkylation sites (tertiary alicyclic amines) is 1. The van der Waals surface area contributed by atoms with Crippen molar-refractivity contribution >= 4 is 39.7 Å². The van der Waals surface area contributed by atoms with Gasteiger partial charge < -0.3 is 10.2 Å². The van der Waals surface area contributed by atoms with Gasteiger partial charge in [0.25, 0.3) is 5.91 Å². The zero-order chi connectivity index (χ0) is 21.9. The van der Waals surface area contributed by atoms with Crippen LogP contribution in [0.15, 0.2) is 78.2 Å². The third kappa shape index (κ3) is 4.14. The Morgan fingerprint density at radius 3 is 2.62 bits per heavy atom. The third-order valence-electron chi connectivity index (χ3n) is 5.84. The number of hydrogen-bond acceptors (Lipinski definition) is 4. The molecule has 1 unspecified atom stereocenters. The molecule has 2 aromatic heterocycles. The molecule has 160 valence electrons. The molecule has 2 aromatic carbocycles. The van der Waals surface area contributed by atoms with Gasteiger partial charge in [-0.25, -0.2) is 4.98 Å². The van der Waals surface area contributed by atoms with Crippen LogP contribution in [-0.4, -0.2) is 34.8 Å². The van der Waals surface area contributed by atoms with Gasteiger partial charge in [0.15, 0.2) is 0 Å². The molecule has 0 spiro atoms. The maximum atomic E-state index is 13.6. The molecule has 0 saturated carbocycles. The minimum absolute atomic E-state index is 0.0347. The fourth-order valence-corrected chi connectivity index (χ4v) is 4.90. The van der Waals surface area contributed by atoms with E-state index in [1.54, 1.807) is 11.3 Å². The van der Waals surface area contributed by atoms with E-state index < -0.39 is 0 Å². The number of piperidine rings is 1. The molecule has 4 aromatic rings. The Morgan fingerprint density at radius 2 is 1.81 bits per heavy atom. The number of pyridine rings is 1. The predicted molar refractivity (Wildman–Crippen MR) is 129 cm³/mol. The molecule has 5 rings (SSSR count). The summed E-state index contributed by atoms with van der Waals surface area (Å²) in [5.74, 6) is -0.302. The fourth-order valence-electron chi connectivity index (χ4n) is 4.21. The summed E-state index contributed by atoms with van der Waals surface area (Å²) < 4.78 is 0. The monoisotopic (exact) mass is 441 g/mol. The lowest BCUT2D eigenvalue weighted by molar-refractivity contribution is -0.121. The van der Waals surface area contributed by atoms with Crippen LogP contribution >= 0.6 is 11.3 Å². The first-order valence-corrected chi connectivity index (χ1v) is 11.7. The molecule has 0 radical (unpaired) electrons. The van der Waals surface area contributed by atoms with Crippen LogP contribution in [0.1, 0.15) is 23.2 Å². The number of aromatic nitrogens is 1. The number of benzene rings is 2. The Kier molecular flexibility index (Phi) is 5.69. The van der Waals surface area contributed by atoms with Crippen molar-refractivity contribution < 1.29 is 9.59 Å². The Balaban J connectivity index is 1.41. The number of nitrogens with one attached hydrogen (secondary N) is 1. The maximum absolute atomic E-state index is 13.6. The molecule has 32 heavy (non-hydrogen) atoms. The molecule has 1 aliphatic rings. The number of para-hydroxylation sites is 2. The second kappa shape index (κ2) is 8.93. The Morgan fingerprint density at radius 1 is 1.00 bits per heavy atom. The number of carbonyl (C=O) groups excluding carboxylic acids is 2. The first-order chi connectivity index (χ1) is 15.7. The van der Waals surface area contributed by atoms with Crippen molar-refractivity contribution in [2.45, 2.75) is 12.8 Å². The summed E-state index contributed by atoms with van der Waals surface area (Å²) in [4.78, 5) is 34.1. The highest BCUT2D eigenvalue weighted by atomic mass is 32.1. The van der Waals surface area contributed by atoms with E-state index in [9.17, 15) is 9.59 Å². The number of anilines is 1. The summed E-state index contributed by atoms with van der Waals surface area (Å²) in [5.41, 5.74) is 3.03. The topological polar surface area (TPSA) is 62.3 Å². The maximum Gasteiger partial charge on any atom is 0.254 e. The van der Waals surface area contributed by atoms with E-state index >= 15 is 0 Å². The van der Waals surface area contributed by atoms with Crippen molar-refractivity contribution in [3.8, 4) is 10.6 Å². The average Bonchev–Trinajstić information content (AvgIpc) is 3.39. The van der Waals surface area contributed by atoms with Crippen molar-refractivity contribution in [2.75, 3.05) is 18.4 Å². The van der Waals surface area contributed by atoms with Gasteiger partial charge >= 0.3 is 0 Å². The lowest BCUT2D eigenvalue weighted by Gasteiger charge is -2.32. The minimum atomic E-state index is -0.224. The van der Waals surface area contributed by atoms with Crippen LogP contribution in [0.5, 0.6) is 0 Å². The Labute approximate surface area is 190 Å². The first-order valence-electron chi connectivity index (χ1n) is 10.8. The largest absolute Gasteiger partial charge is 0.338 e. The first kappa shape index (κ1) is 20.4. The second-order valence-electron chi connectivity index (χ2n) is 8.00. The van der Waals surface area contributed by atoms with Crippen molar-refractivity contribution in [1.29, 1.82) is 0 Å². The molecule has 6 heteroatoms. The molecule has 1 N–H and O–H groups in total. The molecule has 0 bridgehead atoms. The SMILES string of the molecule is O=C(Nc1ccccc1)C1CCCN(C(=O)c2cc(-c3cccs3)nc3ccccc23)C1. The minimum Gasteiger partial charge on any atom is -0.338 e. The molecule has 2 amide bonds. The average molecular weight is 442 g/mol. The zero-order valence-electron chi connectivity index (χ0n) is 17.5. The highest BCUT2D eigenvalue weighted by Gasteiger charge is 2.30. The standard InChI is InChI=1S/C26H23N3O2S/c30-25(27-19-9-2-1-3-10-19)18-8-6-14-29(17-18)26(31)21-16-23(24-13-7-15-32-24)28-22-12-5-4-11-20(21)22/h1-5,7,9-13,15-16,18H,6,8,14,17H2,(H,27,30). The summed E-state index contributed by atoms with van der Waals surface area (Å²) in [5, 5.41) is 5.83. The van der Waals surface area contributed by atoms with E-state index in [1.807, 2.05) is 83.1 Å². The van der Waals surface area contributed by atoms with Gasteiger partial charge in [-0.2, -0.15) is 0 Å². The molecular formula is C26H23N3O2S. The van der Waals surface area contributed by atoms with Gasteiger partial charge in [-0.05, 0) is 48.6 Å². The normalized spacial score (nSPS) is 16.1. The fraction of sp³-hybridized carbons (Fsp3) is 0.192. The zero-order valence-corrected chi connectivity index (χ0v) is 18.3. The molecule has 1 saturated heterocycles. The van der Waals surface area contributed by atoms with Crippen LogP contribution in [0.2, 0.25) is 0 Å². The van der Waals surface area contributed by atoms with Crippen molar-refractivity contribution in [3.63, 3.8) is 0 Å². The van der Waals surface area contributed by atoms with E-state index in [1.165, 1.54) is 0 Å². The van der Waals surface area contributed by atoms with Crippen LogP contribution in [0.3, 0.4) is 0 Å². The number of amides is 2. The Bertz CT molecular complexity index is 1250. The van der Waals surface area contributed by atoms with Crippen molar-refractivity contribution in [2.24, 2.45) is 5.92 Å². The quantitative estimate of drug-likeness (QED) is 0.458. The van der Waals surface area contributed by atoms with E-state index in [0.717, 1.165) is 40.0 Å². The number of fused-ring (bicyclic) bond motifs is 1. The highest BCUT2D eigenvalue weighted by Crippen LogP contribution is 2.29. The van der Waals surface area contributed by atoms with Crippen LogP contribution in [0.25, 0.3) is 21.5 Å². The lowest BCUT2D eigenvalue weighted by Crippen LogP contribution is -2.43. The van der Waals surface area contributed by atoms with E-state index in [2.05, 4.69) is 5.32 Å². The molecule has 1 fully saturated rings. The molecule has 0 aliphatic carbocycles. The van der Waals surface area contributed by atoms with Gasteiger partial charge in [0, 0.05) is 24.2 Å². The lowest BCUT2D eigenvalue weighted by atomic mass is 9.95. The van der Waals surface area contributed by atoms with Crippen LogP contribution in [0.4, 0.5) is 5.69 Å². The Hall–Kier alpha value is -3.51. The predicted octanol–water partition coefficient (Wildman–Crippen LogP) is 5.45. The van der Waals surface area contributed by atoms with E-state index in [0.29, 0.717) is 18.7 Å². The van der Waals surface area contributed by atoms with Crippen LogP contribution in [0, 0.1) is 5.92 Å². The van der Waals surface area contributed by atoms with Gasteiger partial charge in [0.05, 0.1) is 27.6 Å². The third-order valence-corrected chi connectivity index (χ3v) is 6.73. The number of thiophene rings is 1. The van der Waals surface area contributed by atoms with Gasteiger partial charge in [0.2, 0.25) is 5.91 Å². The van der Waals surface area contributed by atoms with Crippen LogP contribution < -0.4 is 5.32 Å². The molecule has 3 heterocycles. The summed E-state index contributed by atoms with van der Waals surface area (Å²) in [7, 11) is 0.